The zero-order valence-corrected chi connectivity index (χ0v) is 7.05. The molecular formula is C11H12O. The number of epoxide rings is 1. The van der Waals surface area contributed by atoms with Gasteiger partial charge in [-0.25, -0.2) is 0 Å². The summed E-state index contributed by atoms with van der Waals surface area (Å²) < 4.78 is 5.25. The van der Waals surface area contributed by atoms with Crippen molar-refractivity contribution < 1.29 is 4.74 Å². The Kier molecular flexibility index (Phi) is 1.30. The van der Waals surface area contributed by atoms with Gasteiger partial charge >= 0.3 is 0 Å². The van der Waals surface area contributed by atoms with E-state index < -0.39 is 0 Å². The topological polar surface area (TPSA) is 12.5 Å². The van der Waals surface area contributed by atoms with E-state index in [9.17, 15) is 0 Å². The number of fused-ring (bicyclic) bond motifs is 1. The van der Waals surface area contributed by atoms with Crippen LogP contribution in [-0.2, 0) is 17.6 Å². The van der Waals surface area contributed by atoms with Crippen LogP contribution in [0.15, 0.2) is 18.2 Å². The smallest absolute Gasteiger partial charge is 0.106 e. The molecule has 1 aromatic carbocycles. The molecule has 0 aromatic heterocycles. The molecule has 0 bridgehead atoms. The summed E-state index contributed by atoms with van der Waals surface area (Å²) in [5, 5.41) is 0. The Morgan fingerprint density at radius 2 is 2.00 bits per heavy atom. The molecule has 0 unspecified atom stereocenters. The molecule has 1 aliphatic carbocycles. The van der Waals surface area contributed by atoms with Crippen LogP contribution in [-0.4, -0.2) is 6.61 Å². The maximum absolute atomic E-state index is 5.25. The van der Waals surface area contributed by atoms with Crippen molar-refractivity contribution in [2.75, 3.05) is 6.61 Å². The molecule has 0 amide bonds. The van der Waals surface area contributed by atoms with Gasteiger partial charge in [-0.3, -0.25) is 0 Å². The molecule has 2 aliphatic rings. The quantitative estimate of drug-likeness (QED) is 0.574. The van der Waals surface area contributed by atoms with Crippen molar-refractivity contribution in [1.29, 1.82) is 0 Å². The fourth-order valence-corrected chi connectivity index (χ4v) is 2.03. The van der Waals surface area contributed by atoms with E-state index in [0.29, 0.717) is 6.10 Å². The third-order valence-electron chi connectivity index (χ3n) is 2.83. The van der Waals surface area contributed by atoms with Crippen molar-refractivity contribution in [3.05, 3.63) is 34.9 Å². The van der Waals surface area contributed by atoms with E-state index in [0.717, 1.165) is 6.61 Å². The highest BCUT2D eigenvalue weighted by Gasteiger charge is 2.25. The van der Waals surface area contributed by atoms with Gasteiger partial charge in [0.05, 0.1) is 6.61 Å². The van der Waals surface area contributed by atoms with E-state index >= 15 is 0 Å². The van der Waals surface area contributed by atoms with Gasteiger partial charge in [-0.1, -0.05) is 18.2 Å². The second-order valence-electron chi connectivity index (χ2n) is 3.70. The summed E-state index contributed by atoms with van der Waals surface area (Å²) in [5.41, 5.74) is 4.50. The van der Waals surface area contributed by atoms with Crippen LogP contribution in [0.2, 0.25) is 0 Å². The lowest BCUT2D eigenvalue weighted by Gasteiger charge is -2.00. The Morgan fingerprint density at radius 3 is 2.83 bits per heavy atom. The largest absolute Gasteiger partial charge is 0.368 e. The lowest BCUT2D eigenvalue weighted by Crippen LogP contribution is -1.86. The second kappa shape index (κ2) is 2.33. The van der Waals surface area contributed by atoms with Gasteiger partial charge in [0.15, 0.2) is 0 Å². The van der Waals surface area contributed by atoms with E-state index in [1.54, 1.807) is 11.1 Å². The predicted molar refractivity (Wildman–Crippen MR) is 47.2 cm³/mol. The van der Waals surface area contributed by atoms with Crippen molar-refractivity contribution >= 4 is 0 Å². The van der Waals surface area contributed by atoms with Gasteiger partial charge in [-0.15, -0.1) is 0 Å². The van der Waals surface area contributed by atoms with E-state index in [-0.39, 0.29) is 0 Å². The molecule has 1 heteroatoms. The van der Waals surface area contributed by atoms with Gasteiger partial charge in [-0.05, 0) is 36.0 Å². The predicted octanol–water partition coefficient (Wildman–Crippen LogP) is 2.25. The van der Waals surface area contributed by atoms with Crippen molar-refractivity contribution in [3.63, 3.8) is 0 Å². The molecule has 12 heavy (non-hydrogen) atoms. The summed E-state index contributed by atoms with van der Waals surface area (Å²) in [7, 11) is 0. The van der Waals surface area contributed by atoms with Crippen molar-refractivity contribution in [2.24, 2.45) is 0 Å². The van der Waals surface area contributed by atoms with Crippen molar-refractivity contribution in [3.8, 4) is 0 Å². The number of hydrogen-bond acceptors (Lipinski definition) is 1. The van der Waals surface area contributed by atoms with E-state index in [2.05, 4.69) is 18.2 Å². The highest BCUT2D eigenvalue weighted by atomic mass is 16.6. The molecule has 1 aromatic rings. The van der Waals surface area contributed by atoms with E-state index in [4.69, 9.17) is 4.74 Å². The molecule has 0 saturated carbocycles. The lowest BCUT2D eigenvalue weighted by atomic mass is 10.0. The van der Waals surface area contributed by atoms with Crippen LogP contribution in [0.1, 0.15) is 29.2 Å². The van der Waals surface area contributed by atoms with Crippen LogP contribution in [0.3, 0.4) is 0 Å². The lowest BCUT2D eigenvalue weighted by molar-refractivity contribution is 0.415. The maximum atomic E-state index is 5.25. The first-order chi connectivity index (χ1) is 5.93. The third-order valence-corrected chi connectivity index (χ3v) is 2.83. The van der Waals surface area contributed by atoms with Crippen LogP contribution in [0.5, 0.6) is 0 Å². The van der Waals surface area contributed by atoms with Crippen LogP contribution >= 0.6 is 0 Å². The minimum atomic E-state index is 0.427. The highest BCUT2D eigenvalue weighted by molar-refractivity contribution is 5.36. The molecule has 0 radical (unpaired) electrons. The van der Waals surface area contributed by atoms with Gasteiger partial charge in [0.2, 0.25) is 0 Å². The van der Waals surface area contributed by atoms with Gasteiger partial charge < -0.3 is 4.74 Å². The van der Waals surface area contributed by atoms with Crippen molar-refractivity contribution in [1.82, 2.24) is 0 Å². The zero-order chi connectivity index (χ0) is 7.97. The summed E-state index contributed by atoms with van der Waals surface area (Å²) in [6.07, 6.45) is 4.32. The number of hydrogen-bond donors (Lipinski definition) is 0. The van der Waals surface area contributed by atoms with Crippen LogP contribution < -0.4 is 0 Å². The van der Waals surface area contributed by atoms with Gasteiger partial charge in [-0.2, -0.15) is 0 Å². The summed E-state index contributed by atoms with van der Waals surface area (Å²) in [5.74, 6) is 0. The second-order valence-corrected chi connectivity index (χ2v) is 3.70. The Balaban J connectivity index is 2.03. The first-order valence-electron chi connectivity index (χ1n) is 4.67. The van der Waals surface area contributed by atoms with Gasteiger partial charge in [0.1, 0.15) is 6.10 Å². The van der Waals surface area contributed by atoms with Gasteiger partial charge in [0, 0.05) is 0 Å². The van der Waals surface area contributed by atoms with Crippen LogP contribution in [0.4, 0.5) is 0 Å². The summed E-state index contributed by atoms with van der Waals surface area (Å²) in [6, 6.07) is 6.83. The van der Waals surface area contributed by atoms with Crippen molar-refractivity contribution in [2.45, 2.75) is 25.4 Å². The Hall–Kier alpha value is -0.820. The molecule has 0 N–H and O–H groups in total. The molecule has 0 spiro atoms. The van der Waals surface area contributed by atoms with Crippen LogP contribution in [0.25, 0.3) is 0 Å². The molecule has 1 aliphatic heterocycles. The zero-order valence-electron chi connectivity index (χ0n) is 7.05. The average molecular weight is 160 g/mol. The molecular weight excluding hydrogens is 148 g/mol. The summed E-state index contributed by atoms with van der Waals surface area (Å²) in [4.78, 5) is 0. The Morgan fingerprint density at radius 1 is 1.17 bits per heavy atom. The minimum absolute atomic E-state index is 0.427. The molecule has 1 heterocycles. The average Bonchev–Trinajstić information content (AvgIpc) is 2.84. The summed E-state index contributed by atoms with van der Waals surface area (Å²) in [6.45, 7) is 0.929. The van der Waals surface area contributed by atoms with Crippen LogP contribution in [0, 0.1) is 0 Å². The molecule has 1 nitrogen and oxygen atoms in total. The van der Waals surface area contributed by atoms with E-state index in [1.165, 1.54) is 24.8 Å². The fourth-order valence-electron chi connectivity index (χ4n) is 2.03. The van der Waals surface area contributed by atoms with E-state index in [1.807, 2.05) is 0 Å². The first-order valence-corrected chi connectivity index (χ1v) is 4.67. The highest BCUT2D eigenvalue weighted by Crippen LogP contribution is 2.32. The molecule has 1 atom stereocenters. The fraction of sp³-hybridized carbons (Fsp3) is 0.455. The summed E-state index contributed by atoms with van der Waals surface area (Å²) >= 11 is 0. The Labute approximate surface area is 72.4 Å². The number of aryl methyl sites for hydroxylation is 2. The number of benzene rings is 1. The molecule has 3 rings (SSSR count). The molecule has 1 saturated heterocycles. The monoisotopic (exact) mass is 160 g/mol. The first kappa shape index (κ1) is 6.67. The minimum Gasteiger partial charge on any atom is -0.368 e. The number of rotatable bonds is 1. The normalized spacial score (nSPS) is 25.5. The Bertz CT molecular complexity index is 313. The maximum Gasteiger partial charge on any atom is 0.106 e. The standard InChI is InChI=1S/C11H12O/c1-2-8-4-5-10(11-7-12-11)6-9(8)3-1/h4-6,11H,1-3,7H2/t11-/m1/s1. The SMILES string of the molecule is c1cc2c(cc1[C@H]1CO1)CCC2. The molecule has 1 fully saturated rings. The molecule has 62 valence electrons. The third kappa shape index (κ3) is 0.969. The van der Waals surface area contributed by atoms with Gasteiger partial charge in [0.25, 0.3) is 0 Å². The number of ether oxygens (including phenoxy) is 1.